The molecule has 0 radical (unpaired) electrons. The Morgan fingerprint density at radius 1 is 1.11 bits per heavy atom. The number of alkyl halides is 1. The second-order valence-corrected chi connectivity index (χ2v) is 6.84. The highest BCUT2D eigenvalue weighted by molar-refractivity contribution is 9.09. The second kappa shape index (κ2) is 5.43. The lowest BCUT2D eigenvalue weighted by Crippen LogP contribution is -2.36. The average Bonchev–Trinajstić information content (AvgIpc) is 2.92. The van der Waals surface area contributed by atoms with Crippen molar-refractivity contribution in [2.24, 2.45) is 5.41 Å². The Morgan fingerprint density at radius 2 is 1.89 bits per heavy atom. The van der Waals surface area contributed by atoms with Crippen LogP contribution in [-0.2, 0) is 19.4 Å². The summed E-state index contributed by atoms with van der Waals surface area (Å²) < 4.78 is 2.09. The molecule has 0 atom stereocenters. The van der Waals surface area contributed by atoms with E-state index in [2.05, 4.69) is 20.5 Å². The zero-order chi connectivity index (χ0) is 13.3. The minimum absolute atomic E-state index is 0.201. The summed E-state index contributed by atoms with van der Waals surface area (Å²) in [6, 6.07) is 3.82. The second-order valence-electron chi connectivity index (χ2n) is 6.28. The van der Waals surface area contributed by atoms with Crippen LogP contribution in [0.4, 0.5) is 0 Å². The molecule has 0 spiro atoms. The van der Waals surface area contributed by atoms with Crippen LogP contribution in [0.25, 0.3) is 0 Å². The van der Waals surface area contributed by atoms with E-state index in [9.17, 15) is 4.79 Å². The molecule has 0 saturated heterocycles. The van der Waals surface area contributed by atoms with Crippen LogP contribution in [0.15, 0.2) is 16.9 Å². The molecule has 0 unspecified atom stereocenters. The van der Waals surface area contributed by atoms with Crippen LogP contribution >= 0.6 is 15.9 Å². The number of nitrogens with zero attached hydrogens (tertiary/aromatic N) is 1. The quantitative estimate of drug-likeness (QED) is 0.778. The number of rotatable bonds is 3. The Kier molecular flexibility index (Phi) is 3.84. The van der Waals surface area contributed by atoms with E-state index in [1.54, 1.807) is 6.07 Å². The molecule has 19 heavy (non-hydrogen) atoms. The maximum absolute atomic E-state index is 12.3. The van der Waals surface area contributed by atoms with E-state index >= 15 is 0 Å². The summed E-state index contributed by atoms with van der Waals surface area (Å²) in [4.78, 5) is 12.3. The van der Waals surface area contributed by atoms with Crippen molar-refractivity contribution in [1.82, 2.24) is 4.57 Å². The Hall–Kier alpha value is -0.570. The van der Waals surface area contributed by atoms with Gasteiger partial charge in [0.15, 0.2) is 0 Å². The highest BCUT2D eigenvalue weighted by atomic mass is 79.9. The molecule has 1 aromatic heterocycles. The minimum Gasteiger partial charge on any atom is -0.312 e. The van der Waals surface area contributed by atoms with Gasteiger partial charge in [-0.15, -0.1) is 0 Å². The van der Waals surface area contributed by atoms with E-state index in [0.29, 0.717) is 5.41 Å². The third kappa shape index (κ3) is 2.54. The number of hydrogen-bond donors (Lipinski definition) is 0. The first-order chi connectivity index (χ1) is 9.24. The number of pyridine rings is 1. The van der Waals surface area contributed by atoms with Crippen molar-refractivity contribution in [3.05, 3.63) is 33.7 Å². The SMILES string of the molecule is O=c1ccc2c(n1CC1(CBr)CCCCC1)CCC2. The average molecular weight is 324 g/mol. The van der Waals surface area contributed by atoms with Gasteiger partial charge in [0.25, 0.3) is 5.56 Å². The van der Waals surface area contributed by atoms with Gasteiger partial charge < -0.3 is 4.57 Å². The highest BCUT2D eigenvalue weighted by Gasteiger charge is 2.32. The Balaban J connectivity index is 1.94. The van der Waals surface area contributed by atoms with Crippen molar-refractivity contribution in [3.8, 4) is 0 Å². The summed E-state index contributed by atoms with van der Waals surface area (Å²) >= 11 is 3.72. The maximum Gasteiger partial charge on any atom is 0.250 e. The molecule has 0 N–H and O–H groups in total. The molecule has 3 rings (SSSR count). The molecule has 0 amide bonds. The number of halogens is 1. The van der Waals surface area contributed by atoms with Gasteiger partial charge in [-0.3, -0.25) is 4.79 Å². The molecule has 1 fully saturated rings. The van der Waals surface area contributed by atoms with Gasteiger partial charge in [-0.2, -0.15) is 0 Å². The largest absolute Gasteiger partial charge is 0.312 e. The minimum atomic E-state index is 0.201. The number of hydrogen-bond acceptors (Lipinski definition) is 1. The molecule has 0 aliphatic heterocycles. The number of fused-ring (bicyclic) bond motifs is 1. The fourth-order valence-corrected chi connectivity index (χ4v) is 4.52. The summed E-state index contributed by atoms with van der Waals surface area (Å²) in [6.45, 7) is 0.917. The summed E-state index contributed by atoms with van der Waals surface area (Å²) in [6.07, 6.45) is 9.95. The third-order valence-electron chi connectivity index (χ3n) is 4.94. The lowest BCUT2D eigenvalue weighted by atomic mass is 9.75. The molecular weight excluding hydrogens is 302 g/mol. The van der Waals surface area contributed by atoms with E-state index in [1.807, 2.05) is 6.07 Å². The standard InChI is InChI=1S/C16H22BrNO/c17-11-16(9-2-1-3-10-16)12-18-14-6-4-5-13(14)7-8-15(18)19/h7-8H,1-6,9-12H2. The molecule has 0 aromatic carbocycles. The molecule has 2 nitrogen and oxygen atoms in total. The summed E-state index contributed by atoms with van der Waals surface area (Å²) in [5, 5.41) is 1.02. The van der Waals surface area contributed by atoms with E-state index in [1.165, 1.54) is 49.8 Å². The molecule has 3 heteroatoms. The summed E-state index contributed by atoms with van der Waals surface area (Å²) in [5.74, 6) is 0. The van der Waals surface area contributed by atoms with E-state index in [0.717, 1.165) is 24.7 Å². The molecule has 1 aromatic rings. The van der Waals surface area contributed by atoms with Crippen LogP contribution in [0.5, 0.6) is 0 Å². The summed E-state index contributed by atoms with van der Waals surface area (Å²) in [5.41, 5.74) is 3.23. The van der Waals surface area contributed by atoms with Crippen LogP contribution < -0.4 is 5.56 Å². The molecule has 1 heterocycles. The van der Waals surface area contributed by atoms with Gasteiger partial charge in [0.2, 0.25) is 0 Å². The zero-order valence-corrected chi connectivity index (χ0v) is 13.0. The first kappa shape index (κ1) is 13.4. The molecule has 2 aliphatic carbocycles. The van der Waals surface area contributed by atoms with Gasteiger partial charge in [0.05, 0.1) is 0 Å². The molecule has 104 valence electrons. The van der Waals surface area contributed by atoms with Gasteiger partial charge in [-0.1, -0.05) is 41.3 Å². The van der Waals surface area contributed by atoms with Gasteiger partial charge >= 0.3 is 0 Å². The van der Waals surface area contributed by atoms with Crippen LogP contribution in [0.2, 0.25) is 0 Å². The molecular formula is C16H22BrNO. The van der Waals surface area contributed by atoms with Crippen molar-refractivity contribution in [1.29, 1.82) is 0 Å². The number of aromatic nitrogens is 1. The van der Waals surface area contributed by atoms with Crippen molar-refractivity contribution in [3.63, 3.8) is 0 Å². The van der Waals surface area contributed by atoms with Crippen LogP contribution in [0.1, 0.15) is 49.8 Å². The van der Waals surface area contributed by atoms with Gasteiger partial charge in [-0.05, 0) is 43.1 Å². The Morgan fingerprint density at radius 3 is 2.63 bits per heavy atom. The monoisotopic (exact) mass is 323 g/mol. The first-order valence-electron chi connectivity index (χ1n) is 7.52. The number of aryl methyl sites for hydroxylation is 1. The predicted molar refractivity (Wildman–Crippen MR) is 82.0 cm³/mol. The summed E-state index contributed by atoms with van der Waals surface area (Å²) in [7, 11) is 0. The molecule has 2 aliphatic rings. The van der Waals surface area contributed by atoms with Gasteiger partial charge in [0.1, 0.15) is 0 Å². The molecule has 0 bridgehead atoms. The van der Waals surface area contributed by atoms with Crippen molar-refractivity contribution in [2.45, 2.75) is 57.9 Å². The first-order valence-corrected chi connectivity index (χ1v) is 8.64. The van der Waals surface area contributed by atoms with Gasteiger partial charge in [-0.25, -0.2) is 0 Å². The highest BCUT2D eigenvalue weighted by Crippen LogP contribution is 2.39. The lowest BCUT2D eigenvalue weighted by Gasteiger charge is -2.36. The van der Waals surface area contributed by atoms with E-state index in [-0.39, 0.29) is 5.56 Å². The van der Waals surface area contributed by atoms with Crippen LogP contribution in [0, 0.1) is 5.41 Å². The Labute approximate surface area is 123 Å². The fourth-order valence-electron chi connectivity index (χ4n) is 3.78. The van der Waals surface area contributed by atoms with Crippen molar-refractivity contribution < 1.29 is 0 Å². The van der Waals surface area contributed by atoms with Crippen molar-refractivity contribution >= 4 is 15.9 Å². The molecule has 1 saturated carbocycles. The van der Waals surface area contributed by atoms with E-state index < -0.39 is 0 Å². The van der Waals surface area contributed by atoms with Crippen molar-refractivity contribution in [2.75, 3.05) is 5.33 Å². The maximum atomic E-state index is 12.3. The van der Waals surface area contributed by atoms with Gasteiger partial charge in [0, 0.05) is 23.6 Å². The normalized spacial score (nSPS) is 21.3. The topological polar surface area (TPSA) is 22.0 Å². The third-order valence-corrected chi connectivity index (χ3v) is 6.13. The van der Waals surface area contributed by atoms with Crippen LogP contribution in [0.3, 0.4) is 0 Å². The van der Waals surface area contributed by atoms with Crippen LogP contribution in [-0.4, -0.2) is 9.90 Å². The Bertz CT molecular complexity index is 514. The lowest BCUT2D eigenvalue weighted by molar-refractivity contribution is 0.187. The van der Waals surface area contributed by atoms with E-state index in [4.69, 9.17) is 0 Å². The fraction of sp³-hybridized carbons (Fsp3) is 0.688. The predicted octanol–water partition coefficient (Wildman–Crippen LogP) is 3.68. The zero-order valence-electron chi connectivity index (χ0n) is 11.5. The smallest absolute Gasteiger partial charge is 0.250 e.